The van der Waals surface area contributed by atoms with Crippen molar-refractivity contribution in [3.8, 4) is 6.07 Å². The van der Waals surface area contributed by atoms with Crippen LogP contribution in [0.4, 0.5) is 0 Å². The van der Waals surface area contributed by atoms with Crippen LogP contribution < -0.4 is 5.32 Å². The lowest BCUT2D eigenvalue weighted by molar-refractivity contribution is 0.655. The minimum absolute atomic E-state index is 0.709. The molecule has 0 amide bonds. The zero-order valence-electron chi connectivity index (χ0n) is 10.6. The molecule has 92 valence electrons. The molecule has 1 aromatic carbocycles. The van der Waals surface area contributed by atoms with Gasteiger partial charge < -0.3 is 5.32 Å². The van der Waals surface area contributed by atoms with Crippen LogP contribution in [0.3, 0.4) is 0 Å². The van der Waals surface area contributed by atoms with Crippen molar-refractivity contribution in [2.45, 2.75) is 20.0 Å². The quantitative estimate of drug-likeness (QED) is 0.888. The Morgan fingerprint density at radius 2 is 2.17 bits per heavy atom. The number of aryl methyl sites for hydroxylation is 2. The van der Waals surface area contributed by atoms with Gasteiger partial charge in [0, 0.05) is 26.3 Å². The van der Waals surface area contributed by atoms with Crippen molar-refractivity contribution in [3.05, 3.63) is 52.8 Å². The average molecular weight is 240 g/mol. The molecular weight excluding hydrogens is 224 g/mol. The first-order chi connectivity index (χ1) is 8.69. The van der Waals surface area contributed by atoms with E-state index in [2.05, 4.69) is 16.5 Å². The predicted molar refractivity (Wildman–Crippen MR) is 69.6 cm³/mol. The van der Waals surface area contributed by atoms with Crippen LogP contribution in [0.15, 0.2) is 30.5 Å². The zero-order valence-corrected chi connectivity index (χ0v) is 10.6. The van der Waals surface area contributed by atoms with Crippen LogP contribution in [0.1, 0.15) is 22.4 Å². The van der Waals surface area contributed by atoms with Gasteiger partial charge in [-0.3, -0.25) is 4.68 Å². The lowest BCUT2D eigenvalue weighted by Crippen LogP contribution is -2.14. The Balaban J connectivity index is 1.92. The van der Waals surface area contributed by atoms with E-state index in [0.717, 1.165) is 24.3 Å². The maximum Gasteiger partial charge on any atom is 0.0991 e. The van der Waals surface area contributed by atoms with Crippen LogP contribution in [0, 0.1) is 18.3 Å². The maximum atomic E-state index is 8.80. The van der Waals surface area contributed by atoms with E-state index in [1.54, 1.807) is 4.68 Å². The van der Waals surface area contributed by atoms with Gasteiger partial charge in [0.1, 0.15) is 0 Å². The Morgan fingerprint density at radius 3 is 2.78 bits per heavy atom. The molecule has 2 rings (SSSR count). The molecule has 4 nitrogen and oxygen atoms in total. The average Bonchev–Trinajstić information content (AvgIpc) is 2.77. The molecule has 2 aromatic rings. The fourth-order valence-corrected chi connectivity index (χ4v) is 1.85. The molecule has 0 aliphatic heterocycles. The first-order valence-corrected chi connectivity index (χ1v) is 5.88. The maximum absolute atomic E-state index is 8.80. The molecule has 1 N–H and O–H groups in total. The molecule has 0 saturated heterocycles. The number of hydrogen-bond donors (Lipinski definition) is 1. The van der Waals surface area contributed by atoms with Crippen LogP contribution in [0.2, 0.25) is 0 Å². The summed E-state index contributed by atoms with van der Waals surface area (Å²) in [5.74, 6) is 0. The first kappa shape index (κ1) is 12.3. The van der Waals surface area contributed by atoms with Crippen LogP contribution in [0.25, 0.3) is 0 Å². The van der Waals surface area contributed by atoms with Crippen molar-refractivity contribution in [2.75, 3.05) is 0 Å². The largest absolute Gasteiger partial charge is 0.307 e. The van der Waals surface area contributed by atoms with Crippen molar-refractivity contribution in [3.63, 3.8) is 0 Å². The number of nitrogens with one attached hydrogen (secondary N) is 1. The third-order valence-electron chi connectivity index (χ3n) is 2.86. The number of rotatable bonds is 4. The molecule has 0 spiro atoms. The molecule has 0 atom stereocenters. The van der Waals surface area contributed by atoms with Gasteiger partial charge in [-0.25, -0.2) is 0 Å². The van der Waals surface area contributed by atoms with Crippen molar-refractivity contribution in [1.29, 1.82) is 5.26 Å². The summed E-state index contributed by atoms with van der Waals surface area (Å²) in [5, 5.41) is 16.5. The Labute approximate surface area is 107 Å². The van der Waals surface area contributed by atoms with E-state index < -0.39 is 0 Å². The van der Waals surface area contributed by atoms with E-state index in [-0.39, 0.29) is 0 Å². The molecular formula is C14H16N4. The van der Waals surface area contributed by atoms with E-state index in [1.807, 2.05) is 44.4 Å². The lowest BCUT2D eigenvalue weighted by atomic mass is 10.1. The standard InChI is InChI=1S/C14H16N4/c1-11-7-12(8-15)3-4-13(11)9-16-10-14-5-6-18(2)17-14/h3-7,16H,9-10H2,1-2H3. The molecule has 1 aromatic heterocycles. The van der Waals surface area contributed by atoms with Gasteiger partial charge in [0.15, 0.2) is 0 Å². The Morgan fingerprint density at radius 1 is 1.33 bits per heavy atom. The van der Waals surface area contributed by atoms with Crippen molar-refractivity contribution in [2.24, 2.45) is 7.05 Å². The van der Waals surface area contributed by atoms with Crippen LogP contribution in [-0.2, 0) is 20.1 Å². The van der Waals surface area contributed by atoms with E-state index in [1.165, 1.54) is 5.56 Å². The molecule has 18 heavy (non-hydrogen) atoms. The molecule has 0 aliphatic carbocycles. The smallest absolute Gasteiger partial charge is 0.0991 e. The molecule has 0 saturated carbocycles. The van der Waals surface area contributed by atoms with E-state index in [4.69, 9.17) is 5.26 Å². The SMILES string of the molecule is Cc1cc(C#N)ccc1CNCc1ccn(C)n1. The highest BCUT2D eigenvalue weighted by Gasteiger charge is 2.01. The summed E-state index contributed by atoms with van der Waals surface area (Å²) >= 11 is 0. The van der Waals surface area contributed by atoms with E-state index in [9.17, 15) is 0 Å². The Bertz CT molecular complexity index is 578. The number of hydrogen-bond acceptors (Lipinski definition) is 3. The van der Waals surface area contributed by atoms with Gasteiger partial charge in [-0.1, -0.05) is 6.07 Å². The summed E-state index contributed by atoms with van der Waals surface area (Å²) in [7, 11) is 1.91. The van der Waals surface area contributed by atoms with E-state index >= 15 is 0 Å². The van der Waals surface area contributed by atoms with Gasteiger partial charge >= 0.3 is 0 Å². The zero-order chi connectivity index (χ0) is 13.0. The van der Waals surface area contributed by atoms with Gasteiger partial charge in [-0.2, -0.15) is 10.4 Å². The first-order valence-electron chi connectivity index (χ1n) is 5.88. The predicted octanol–water partition coefficient (Wildman–Crippen LogP) is 1.89. The topological polar surface area (TPSA) is 53.6 Å². The number of benzene rings is 1. The Hall–Kier alpha value is -2.12. The number of nitriles is 1. The molecule has 0 aliphatic rings. The lowest BCUT2D eigenvalue weighted by Gasteiger charge is -2.07. The second-order valence-corrected chi connectivity index (χ2v) is 4.34. The van der Waals surface area contributed by atoms with E-state index in [0.29, 0.717) is 5.56 Å². The minimum atomic E-state index is 0.709. The number of nitrogens with zero attached hydrogens (tertiary/aromatic N) is 3. The van der Waals surface area contributed by atoms with Crippen molar-refractivity contribution in [1.82, 2.24) is 15.1 Å². The summed E-state index contributed by atoms with van der Waals surface area (Å²) < 4.78 is 1.80. The van der Waals surface area contributed by atoms with Crippen LogP contribution in [0.5, 0.6) is 0 Å². The minimum Gasteiger partial charge on any atom is -0.307 e. The highest BCUT2D eigenvalue weighted by Crippen LogP contribution is 2.10. The van der Waals surface area contributed by atoms with Crippen molar-refractivity contribution < 1.29 is 0 Å². The van der Waals surface area contributed by atoms with Crippen molar-refractivity contribution >= 4 is 0 Å². The summed E-state index contributed by atoms with van der Waals surface area (Å²) in [6, 6.07) is 9.91. The Kier molecular flexibility index (Phi) is 3.75. The fraction of sp³-hybridized carbons (Fsp3) is 0.286. The van der Waals surface area contributed by atoms with Crippen LogP contribution in [-0.4, -0.2) is 9.78 Å². The molecule has 4 heteroatoms. The normalized spacial score (nSPS) is 10.3. The second kappa shape index (κ2) is 5.48. The van der Waals surface area contributed by atoms with Crippen LogP contribution >= 0.6 is 0 Å². The summed E-state index contributed by atoms with van der Waals surface area (Å²) in [6.07, 6.45) is 1.93. The highest BCUT2D eigenvalue weighted by molar-refractivity contribution is 5.37. The summed E-state index contributed by atoms with van der Waals surface area (Å²) in [6.45, 7) is 3.56. The van der Waals surface area contributed by atoms with Gasteiger partial charge in [0.2, 0.25) is 0 Å². The summed E-state index contributed by atoms with van der Waals surface area (Å²) in [4.78, 5) is 0. The second-order valence-electron chi connectivity index (χ2n) is 4.34. The monoisotopic (exact) mass is 240 g/mol. The van der Waals surface area contributed by atoms with Gasteiger partial charge in [0.05, 0.1) is 17.3 Å². The number of aromatic nitrogens is 2. The molecule has 0 unspecified atom stereocenters. The van der Waals surface area contributed by atoms with Gasteiger partial charge in [-0.15, -0.1) is 0 Å². The molecule has 0 bridgehead atoms. The summed E-state index contributed by atoms with van der Waals surface area (Å²) in [5.41, 5.74) is 4.09. The molecule has 0 fully saturated rings. The fourth-order valence-electron chi connectivity index (χ4n) is 1.85. The molecule has 0 radical (unpaired) electrons. The third-order valence-corrected chi connectivity index (χ3v) is 2.86. The molecule has 1 heterocycles. The third kappa shape index (κ3) is 2.96. The van der Waals surface area contributed by atoms with Gasteiger partial charge in [-0.05, 0) is 36.2 Å². The highest BCUT2D eigenvalue weighted by atomic mass is 15.3. The van der Waals surface area contributed by atoms with Gasteiger partial charge in [0.25, 0.3) is 0 Å².